The quantitative estimate of drug-likeness (QED) is 0.0451. The third-order valence-corrected chi connectivity index (χ3v) is 7.08. The topological polar surface area (TPSA) is 138 Å². The molecule has 9 nitrogen and oxygen atoms in total. The van der Waals surface area contributed by atoms with Crippen LogP contribution in [-0.4, -0.2) is 54.1 Å². The van der Waals surface area contributed by atoms with Gasteiger partial charge in [-0.25, -0.2) is 9.68 Å². The number of esters is 1. The molecule has 0 aliphatic carbocycles. The molecule has 0 bridgehead atoms. The van der Waals surface area contributed by atoms with Gasteiger partial charge in [-0.3, -0.25) is 15.8 Å². The van der Waals surface area contributed by atoms with E-state index in [1.807, 2.05) is 0 Å². The van der Waals surface area contributed by atoms with E-state index in [0.29, 0.717) is 0 Å². The van der Waals surface area contributed by atoms with Crippen molar-refractivity contribution in [1.82, 2.24) is 0 Å². The number of carbonyl (C=O) groups excluding carboxylic acids is 2. The number of nitrogens with two attached hydrogens (primary N) is 1. The van der Waals surface area contributed by atoms with Gasteiger partial charge in [0.15, 0.2) is 5.72 Å². The van der Waals surface area contributed by atoms with Crippen molar-refractivity contribution in [2.75, 3.05) is 19.8 Å². The van der Waals surface area contributed by atoms with E-state index in [9.17, 15) is 14.7 Å². The van der Waals surface area contributed by atoms with E-state index in [4.69, 9.17) is 25.2 Å². The highest BCUT2D eigenvalue weighted by atomic mass is 17.1. The van der Waals surface area contributed by atoms with Crippen LogP contribution in [0.1, 0.15) is 125 Å². The van der Waals surface area contributed by atoms with Crippen molar-refractivity contribution in [2.24, 2.45) is 17.1 Å². The van der Waals surface area contributed by atoms with Crippen molar-refractivity contribution in [3.05, 3.63) is 0 Å². The molecule has 2 unspecified atom stereocenters. The second-order valence-electron chi connectivity index (χ2n) is 10.9. The Morgan fingerprint density at radius 3 is 1.76 bits per heavy atom. The molecule has 0 aromatic rings. The van der Waals surface area contributed by atoms with E-state index in [-0.39, 0.29) is 25.9 Å². The summed E-state index contributed by atoms with van der Waals surface area (Å²) in [4.78, 5) is 29.4. The van der Waals surface area contributed by atoms with E-state index in [1.54, 1.807) is 13.8 Å². The molecule has 0 aromatic carbocycles. The lowest BCUT2D eigenvalue weighted by molar-refractivity contribution is -0.254. The number of aliphatic hydroxyl groups is 1. The Labute approximate surface area is 224 Å². The molecule has 0 aliphatic heterocycles. The zero-order valence-corrected chi connectivity index (χ0v) is 24.1. The van der Waals surface area contributed by atoms with E-state index < -0.39 is 29.2 Å². The normalized spacial score (nSPS) is 14.3. The molecule has 0 saturated carbocycles. The first-order valence-electron chi connectivity index (χ1n) is 14.3. The van der Waals surface area contributed by atoms with Gasteiger partial charge in [-0.15, -0.1) is 0 Å². The number of ether oxygens (including phenoxy) is 3. The van der Waals surface area contributed by atoms with Crippen LogP contribution in [0.15, 0.2) is 0 Å². The van der Waals surface area contributed by atoms with Crippen LogP contribution in [0.25, 0.3) is 0 Å². The third kappa shape index (κ3) is 15.6. The monoisotopic (exact) mass is 533 g/mol. The molecule has 0 saturated heterocycles. The molecule has 0 heterocycles. The zero-order chi connectivity index (χ0) is 28.2. The van der Waals surface area contributed by atoms with E-state index in [0.717, 1.165) is 38.5 Å². The van der Waals surface area contributed by atoms with E-state index in [2.05, 4.69) is 18.7 Å². The van der Waals surface area contributed by atoms with Crippen molar-refractivity contribution in [3.63, 3.8) is 0 Å². The molecule has 2 atom stereocenters. The second-order valence-corrected chi connectivity index (χ2v) is 10.9. The largest absolute Gasteiger partial charge is 0.510 e. The molecule has 0 radical (unpaired) electrons. The lowest BCUT2D eigenvalue weighted by Crippen LogP contribution is -2.58. The minimum atomic E-state index is -1.70. The van der Waals surface area contributed by atoms with Gasteiger partial charge >= 0.3 is 12.1 Å². The van der Waals surface area contributed by atoms with Gasteiger partial charge in [0.1, 0.15) is 18.1 Å². The summed E-state index contributed by atoms with van der Waals surface area (Å²) < 4.78 is 16.2. The van der Waals surface area contributed by atoms with Crippen molar-refractivity contribution >= 4 is 12.1 Å². The number of hydrogen-bond donors (Lipinski definition) is 3. The van der Waals surface area contributed by atoms with Crippen LogP contribution in [0, 0.1) is 11.3 Å². The first-order valence-corrected chi connectivity index (χ1v) is 14.3. The standard InChI is InChI=1S/C28H55NO8/c1-6-8-10-12-14-16-18-24(19-17-15-13-11-9-7-2)36-25(31)27(3,4)28(5,29)37-26(32)34-21-23(20-30)22-35-33/h23-24,30,33H,6-22,29H2,1-5H3. The van der Waals surface area contributed by atoms with Crippen molar-refractivity contribution in [3.8, 4) is 0 Å². The average Bonchev–Trinajstić information content (AvgIpc) is 2.85. The molecule has 0 fully saturated rings. The van der Waals surface area contributed by atoms with Crippen LogP contribution in [0.2, 0.25) is 0 Å². The van der Waals surface area contributed by atoms with Gasteiger partial charge in [-0.1, -0.05) is 78.1 Å². The summed E-state index contributed by atoms with van der Waals surface area (Å²) in [5.74, 6) is -1.14. The summed E-state index contributed by atoms with van der Waals surface area (Å²) >= 11 is 0. The number of carbonyl (C=O) groups is 2. The predicted octanol–water partition coefficient (Wildman–Crippen LogP) is 6.35. The molecule has 0 aliphatic rings. The second kappa shape index (κ2) is 20.5. The highest BCUT2D eigenvalue weighted by molar-refractivity contribution is 5.78. The van der Waals surface area contributed by atoms with Crippen molar-refractivity contribution in [1.29, 1.82) is 0 Å². The Morgan fingerprint density at radius 2 is 1.30 bits per heavy atom. The molecule has 0 spiro atoms. The van der Waals surface area contributed by atoms with Gasteiger partial charge in [0.05, 0.1) is 13.2 Å². The van der Waals surface area contributed by atoms with Crippen LogP contribution in [0.4, 0.5) is 4.79 Å². The van der Waals surface area contributed by atoms with E-state index >= 15 is 0 Å². The van der Waals surface area contributed by atoms with Crippen LogP contribution in [0.5, 0.6) is 0 Å². The minimum absolute atomic E-state index is 0.198. The molecule has 0 rings (SSSR count). The molecule has 9 heteroatoms. The average molecular weight is 534 g/mol. The highest BCUT2D eigenvalue weighted by Crippen LogP contribution is 2.33. The van der Waals surface area contributed by atoms with Gasteiger partial charge in [-0.05, 0) is 46.5 Å². The lowest BCUT2D eigenvalue weighted by atomic mass is 9.82. The summed E-state index contributed by atoms with van der Waals surface area (Å²) in [6, 6.07) is 0. The lowest BCUT2D eigenvalue weighted by Gasteiger charge is -2.38. The third-order valence-electron chi connectivity index (χ3n) is 7.08. The Morgan fingerprint density at radius 1 is 0.811 bits per heavy atom. The highest BCUT2D eigenvalue weighted by Gasteiger charge is 2.49. The maximum atomic E-state index is 13.2. The maximum absolute atomic E-state index is 13.2. The molecule has 37 heavy (non-hydrogen) atoms. The molecular formula is C28H55NO8. The summed E-state index contributed by atoms with van der Waals surface area (Å²) in [6.45, 7) is 8.21. The van der Waals surface area contributed by atoms with Crippen LogP contribution >= 0.6 is 0 Å². The fourth-order valence-corrected chi connectivity index (χ4v) is 3.84. The van der Waals surface area contributed by atoms with Crippen molar-refractivity contribution in [2.45, 2.75) is 136 Å². The summed E-state index contributed by atoms with van der Waals surface area (Å²) in [6.07, 6.45) is 14.3. The molecule has 220 valence electrons. The first-order chi connectivity index (χ1) is 17.5. The van der Waals surface area contributed by atoms with Crippen LogP contribution < -0.4 is 5.73 Å². The molecule has 4 N–H and O–H groups in total. The van der Waals surface area contributed by atoms with Crippen molar-refractivity contribution < 1.29 is 39.1 Å². The van der Waals surface area contributed by atoms with Gasteiger partial charge in [-0.2, -0.15) is 0 Å². The number of hydrogen-bond acceptors (Lipinski definition) is 9. The first kappa shape index (κ1) is 35.6. The zero-order valence-electron chi connectivity index (χ0n) is 24.1. The summed E-state index contributed by atoms with van der Waals surface area (Å²) in [5.41, 5.74) is 3.23. The fourth-order valence-electron chi connectivity index (χ4n) is 3.84. The Balaban J connectivity index is 4.98. The van der Waals surface area contributed by atoms with Gasteiger partial charge < -0.3 is 19.3 Å². The van der Waals surface area contributed by atoms with E-state index in [1.165, 1.54) is 58.3 Å². The van der Waals surface area contributed by atoms with Gasteiger partial charge in [0, 0.05) is 5.92 Å². The van der Waals surface area contributed by atoms with Gasteiger partial charge in [0.25, 0.3) is 0 Å². The Bertz CT molecular complexity index is 581. The minimum Gasteiger partial charge on any atom is -0.462 e. The maximum Gasteiger partial charge on any atom is 0.510 e. The summed E-state index contributed by atoms with van der Waals surface area (Å²) in [5, 5.41) is 17.7. The van der Waals surface area contributed by atoms with Crippen LogP contribution in [0.3, 0.4) is 0 Å². The fraction of sp³-hybridized carbons (Fsp3) is 0.929. The Hall–Kier alpha value is -1.42. The van der Waals surface area contributed by atoms with Gasteiger partial charge in [0.2, 0.25) is 0 Å². The smallest absolute Gasteiger partial charge is 0.462 e. The molecule has 0 amide bonds. The molecular weight excluding hydrogens is 478 g/mol. The molecule has 0 aromatic heterocycles. The number of unbranched alkanes of at least 4 members (excludes halogenated alkanes) is 10. The SMILES string of the molecule is CCCCCCCCC(CCCCCCCC)OC(=O)C(C)(C)C(C)(N)OC(=O)OCC(CO)COO. The summed E-state index contributed by atoms with van der Waals surface area (Å²) in [7, 11) is 0. The number of rotatable bonds is 23. The Kier molecular flexibility index (Phi) is 19.7. The number of aliphatic hydroxyl groups excluding tert-OH is 1. The predicted molar refractivity (Wildman–Crippen MR) is 144 cm³/mol. The van der Waals surface area contributed by atoms with Crippen LogP contribution in [-0.2, 0) is 23.9 Å².